The van der Waals surface area contributed by atoms with Crippen LogP contribution in [0.4, 0.5) is 11.4 Å². The average molecular weight is 222 g/mol. The van der Waals surface area contributed by atoms with Gasteiger partial charge in [0, 0.05) is 12.1 Å². The maximum absolute atomic E-state index is 11.1. The topological polar surface area (TPSA) is 73.6 Å². The second-order valence-corrected chi connectivity index (χ2v) is 3.89. The highest BCUT2D eigenvalue weighted by molar-refractivity contribution is 5.96. The van der Waals surface area contributed by atoms with Gasteiger partial charge in [0.15, 0.2) is 6.61 Å². The highest BCUT2D eigenvalue weighted by atomic mass is 16.5. The Morgan fingerprint density at radius 1 is 1.50 bits per heavy atom. The summed E-state index contributed by atoms with van der Waals surface area (Å²) in [6, 6.07) is 3.34. The van der Waals surface area contributed by atoms with Crippen LogP contribution < -0.4 is 20.5 Å². The number of hydrogen-bond donors (Lipinski definition) is 2. The summed E-state index contributed by atoms with van der Waals surface area (Å²) in [4.78, 5) is 11.1. The number of carbonyl (C=O) groups excluding carboxylic acids is 1. The largest absolute Gasteiger partial charge is 0.489 e. The number of rotatable bonds is 2. The van der Waals surface area contributed by atoms with Gasteiger partial charge in [-0.25, -0.2) is 0 Å². The number of nitrogens with two attached hydrogens (primary N) is 1. The summed E-state index contributed by atoms with van der Waals surface area (Å²) in [6.07, 6.45) is 0.0283. The van der Waals surface area contributed by atoms with Crippen LogP contribution in [0.15, 0.2) is 12.1 Å². The predicted molar refractivity (Wildman–Crippen MR) is 60.7 cm³/mol. The van der Waals surface area contributed by atoms with Crippen LogP contribution in [-0.2, 0) is 4.79 Å². The number of hydrogen-bond acceptors (Lipinski definition) is 4. The predicted octanol–water partition coefficient (Wildman–Crippen LogP) is 1.39. The summed E-state index contributed by atoms with van der Waals surface area (Å²) in [6.45, 7) is 3.85. The lowest BCUT2D eigenvalue weighted by Gasteiger charge is -2.20. The first-order valence-corrected chi connectivity index (χ1v) is 5.09. The molecule has 0 radical (unpaired) electrons. The van der Waals surface area contributed by atoms with Crippen LogP contribution in [0.5, 0.6) is 11.5 Å². The Morgan fingerprint density at radius 3 is 2.94 bits per heavy atom. The van der Waals surface area contributed by atoms with Crippen molar-refractivity contribution in [1.82, 2.24) is 0 Å². The maximum atomic E-state index is 11.1. The summed E-state index contributed by atoms with van der Waals surface area (Å²) in [7, 11) is 0. The zero-order valence-corrected chi connectivity index (χ0v) is 9.24. The minimum atomic E-state index is -0.173. The lowest BCUT2D eigenvalue weighted by molar-refractivity contribution is -0.118. The molecule has 0 aliphatic carbocycles. The van der Waals surface area contributed by atoms with Gasteiger partial charge in [-0.1, -0.05) is 0 Å². The lowest BCUT2D eigenvalue weighted by Crippen LogP contribution is -2.25. The molecule has 16 heavy (non-hydrogen) atoms. The molecule has 1 aliphatic rings. The van der Waals surface area contributed by atoms with E-state index < -0.39 is 0 Å². The van der Waals surface area contributed by atoms with E-state index in [1.54, 1.807) is 12.1 Å². The summed E-state index contributed by atoms with van der Waals surface area (Å²) < 4.78 is 10.7. The first-order chi connectivity index (χ1) is 7.56. The van der Waals surface area contributed by atoms with E-state index in [0.29, 0.717) is 22.9 Å². The molecule has 5 heteroatoms. The molecule has 0 bridgehead atoms. The number of benzene rings is 1. The summed E-state index contributed by atoms with van der Waals surface area (Å²) in [5, 5.41) is 2.70. The second kappa shape index (κ2) is 3.92. The van der Waals surface area contributed by atoms with E-state index in [0.717, 1.165) is 0 Å². The third-order valence-corrected chi connectivity index (χ3v) is 2.11. The Hall–Kier alpha value is -1.91. The molecule has 0 spiro atoms. The molecule has 0 unspecified atom stereocenters. The van der Waals surface area contributed by atoms with E-state index >= 15 is 0 Å². The van der Waals surface area contributed by atoms with Gasteiger partial charge in [-0.05, 0) is 13.8 Å². The molecule has 0 saturated heterocycles. The molecule has 1 heterocycles. The highest BCUT2D eigenvalue weighted by Gasteiger charge is 2.18. The van der Waals surface area contributed by atoms with Crippen molar-refractivity contribution in [2.75, 3.05) is 17.7 Å². The summed E-state index contributed by atoms with van der Waals surface area (Å²) in [5.74, 6) is 0.959. The van der Waals surface area contributed by atoms with Crippen molar-refractivity contribution in [3.05, 3.63) is 12.1 Å². The molecule has 1 aromatic rings. The Kier molecular flexibility index (Phi) is 2.60. The fourth-order valence-electron chi connectivity index (χ4n) is 1.48. The van der Waals surface area contributed by atoms with Gasteiger partial charge < -0.3 is 20.5 Å². The normalized spacial score (nSPS) is 14.1. The van der Waals surface area contributed by atoms with Gasteiger partial charge in [0.25, 0.3) is 5.91 Å². The van der Waals surface area contributed by atoms with Gasteiger partial charge >= 0.3 is 0 Å². The van der Waals surface area contributed by atoms with Crippen molar-refractivity contribution in [3.63, 3.8) is 0 Å². The molecule has 0 aromatic heterocycles. The first kappa shape index (κ1) is 10.6. The van der Waals surface area contributed by atoms with Gasteiger partial charge in [0.2, 0.25) is 0 Å². The molecule has 0 atom stereocenters. The van der Waals surface area contributed by atoms with Crippen LogP contribution in [-0.4, -0.2) is 18.6 Å². The van der Waals surface area contributed by atoms with Crippen molar-refractivity contribution < 1.29 is 14.3 Å². The van der Waals surface area contributed by atoms with Gasteiger partial charge in [-0.15, -0.1) is 0 Å². The second-order valence-electron chi connectivity index (χ2n) is 3.89. The van der Waals surface area contributed by atoms with Crippen LogP contribution >= 0.6 is 0 Å². The molecule has 86 valence electrons. The molecule has 0 fully saturated rings. The number of carbonyl (C=O) groups is 1. The maximum Gasteiger partial charge on any atom is 0.262 e. The lowest BCUT2D eigenvalue weighted by atomic mass is 10.2. The smallest absolute Gasteiger partial charge is 0.262 e. The third kappa shape index (κ3) is 2.03. The van der Waals surface area contributed by atoms with E-state index in [4.69, 9.17) is 15.2 Å². The van der Waals surface area contributed by atoms with Crippen molar-refractivity contribution in [2.45, 2.75) is 20.0 Å². The van der Waals surface area contributed by atoms with Crippen LogP contribution in [0.25, 0.3) is 0 Å². The van der Waals surface area contributed by atoms with Gasteiger partial charge in [0.1, 0.15) is 11.5 Å². The quantitative estimate of drug-likeness (QED) is 0.741. The highest BCUT2D eigenvalue weighted by Crippen LogP contribution is 2.36. The minimum Gasteiger partial charge on any atom is -0.489 e. The standard InChI is InChI=1S/C11H14N2O3/c1-6(2)16-9-4-8-10(3-7(9)12)15-5-11(14)13-8/h3-4,6H,5,12H2,1-2H3,(H,13,14). The van der Waals surface area contributed by atoms with Gasteiger partial charge in [0.05, 0.1) is 17.5 Å². The number of nitrogens with one attached hydrogen (secondary N) is 1. The molecule has 5 nitrogen and oxygen atoms in total. The Labute approximate surface area is 93.5 Å². The molecule has 1 amide bonds. The van der Waals surface area contributed by atoms with Crippen LogP contribution in [0, 0.1) is 0 Å². The van der Waals surface area contributed by atoms with Crippen molar-refractivity contribution in [3.8, 4) is 11.5 Å². The van der Waals surface area contributed by atoms with Crippen LogP contribution in [0.1, 0.15) is 13.8 Å². The molecule has 0 saturated carbocycles. The van der Waals surface area contributed by atoms with E-state index in [1.807, 2.05) is 13.8 Å². The van der Waals surface area contributed by atoms with Gasteiger partial charge in [-0.2, -0.15) is 0 Å². The SMILES string of the molecule is CC(C)Oc1cc2c(cc1N)OCC(=O)N2. The van der Waals surface area contributed by atoms with Crippen molar-refractivity contribution >= 4 is 17.3 Å². The molecular weight excluding hydrogens is 208 g/mol. The molecule has 3 N–H and O–H groups in total. The average Bonchev–Trinajstić information content (AvgIpc) is 2.19. The van der Waals surface area contributed by atoms with E-state index in [-0.39, 0.29) is 18.6 Å². The first-order valence-electron chi connectivity index (χ1n) is 5.09. The van der Waals surface area contributed by atoms with Crippen molar-refractivity contribution in [2.24, 2.45) is 0 Å². The molecular formula is C11H14N2O3. The molecule has 1 aliphatic heterocycles. The van der Waals surface area contributed by atoms with E-state index in [1.165, 1.54) is 0 Å². The fraction of sp³-hybridized carbons (Fsp3) is 0.364. The number of ether oxygens (including phenoxy) is 2. The number of fused-ring (bicyclic) bond motifs is 1. The van der Waals surface area contributed by atoms with Crippen molar-refractivity contribution in [1.29, 1.82) is 0 Å². The summed E-state index contributed by atoms with van der Waals surface area (Å²) >= 11 is 0. The number of anilines is 2. The third-order valence-electron chi connectivity index (χ3n) is 2.11. The Morgan fingerprint density at radius 2 is 2.25 bits per heavy atom. The Bertz CT molecular complexity index is 429. The number of amides is 1. The van der Waals surface area contributed by atoms with E-state index in [9.17, 15) is 4.79 Å². The van der Waals surface area contributed by atoms with Gasteiger partial charge in [-0.3, -0.25) is 4.79 Å². The van der Waals surface area contributed by atoms with Crippen LogP contribution in [0.3, 0.4) is 0 Å². The fourth-order valence-corrected chi connectivity index (χ4v) is 1.48. The zero-order chi connectivity index (χ0) is 11.7. The minimum absolute atomic E-state index is 0.0246. The number of nitrogen functional groups attached to an aromatic ring is 1. The Balaban J connectivity index is 2.35. The van der Waals surface area contributed by atoms with Crippen LogP contribution in [0.2, 0.25) is 0 Å². The van der Waals surface area contributed by atoms with E-state index in [2.05, 4.69) is 5.32 Å². The summed E-state index contributed by atoms with van der Waals surface area (Å²) in [5.41, 5.74) is 6.91. The molecule has 1 aromatic carbocycles. The zero-order valence-electron chi connectivity index (χ0n) is 9.24. The molecule has 2 rings (SSSR count). The monoisotopic (exact) mass is 222 g/mol.